The van der Waals surface area contributed by atoms with Crippen LogP contribution >= 0.6 is 0 Å². The Morgan fingerprint density at radius 2 is 1.00 bits per heavy atom. The Bertz CT molecular complexity index is 22.1. The van der Waals surface area contributed by atoms with E-state index in [1.807, 2.05) is 0 Å². The summed E-state index contributed by atoms with van der Waals surface area (Å²) in [7, 11) is 0. The molecule has 0 unspecified atom stereocenters. The molecule has 11 heavy (non-hydrogen) atoms. The van der Waals surface area contributed by atoms with Gasteiger partial charge in [-0.1, -0.05) is 13.3 Å². The quantitative estimate of drug-likeness (QED) is 0.322. The van der Waals surface area contributed by atoms with Gasteiger partial charge >= 0.3 is 65.0 Å². The summed E-state index contributed by atoms with van der Waals surface area (Å²) in [4.78, 5) is 0. The molecule has 0 saturated carbocycles. The molecule has 0 aromatic heterocycles. The van der Waals surface area contributed by atoms with E-state index in [-0.39, 0.29) is 115 Å². The van der Waals surface area contributed by atoms with E-state index in [4.69, 9.17) is 0 Å². The van der Waals surface area contributed by atoms with Gasteiger partial charge in [-0.25, -0.2) is 0 Å². The Hall–Kier alpha value is 3.29. The van der Waals surface area contributed by atoms with E-state index < -0.39 is 0 Å². The molecule has 7 heteroatoms. The van der Waals surface area contributed by atoms with E-state index in [0.717, 1.165) is 6.42 Å². The summed E-state index contributed by atoms with van der Waals surface area (Å²) in [6.45, 7) is 5.72. The van der Waals surface area contributed by atoms with E-state index >= 15 is 0 Å². The van der Waals surface area contributed by atoms with E-state index in [1.54, 1.807) is 0 Å². The van der Waals surface area contributed by atoms with Crippen LogP contribution in [0.1, 0.15) is 19.8 Å². The van der Waals surface area contributed by atoms with Gasteiger partial charge in [0, 0.05) is 0 Å². The van der Waals surface area contributed by atoms with Crippen LogP contribution in [0.2, 0.25) is 0 Å². The molecular formula is C4H9Cl4LiMg2. The molecule has 0 aliphatic heterocycles. The minimum atomic E-state index is 0. The molecule has 0 aromatic carbocycles. The van der Waals surface area contributed by atoms with Gasteiger partial charge in [-0.2, -0.15) is 6.42 Å². The first-order valence-electron chi connectivity index (χ1n) is 1.71. The SMILES string of the molecule is [CH2-]CCC.[Cl-].[Cl-].[Cl-].[Cl-].[Li+].[Mg+2].[Mg+2]. The van der Waals surface area contributed by atoms with Gasteiger partial charge in [0.05, 0.1) is 0 Å². The smallest absolute Gasteiger partial charge is 1.00 e. The first-order valence-corrected chi connectivity index (χ1v) is 1.71. The van der Waals surface area contributed by atoms with Crippen LogP contribution in [-0.2, 0) is 0 Å². The summed E-state index contributed by atoms with van der Waals surface area (Å²) >= 11 is 0. The third-order valence-corrected chi connectivity index (χ3v) is 0.354. The Balaban J connectivity index is -0.00000000214. The van der Waals surface area contributed by atoms with Crippen LogP contribution in [0.15, 0.2) is 0 Å². The van der Waals surface area contributed by atoms with E-state index in [9.17, 15) is 0 Å². The van der Waals surface area contributed by atoms with Gasteiger partial charge in [0.1, 0.15) is 0 Å². The van der Waals surface area contributed by atoms with Crippen LogP contribution < -0.4 is 68.5 Å². The molecule has 0 nitrogen and oxygen atoms in total. The van der Waals surface area contributed by atoms with Crippen molar-refractivity contribution in [3.8, 4) is 0 Å². The molecule has 0 bridgehead atoms. The molecular weight excluding hydrogens is 245 g/mol. The molecule has 0 saturated heterocycles. The van der Waals surface area contributed by atoms with Gasteiger partial charge in [-0.15, -0.1) is 0 Å². The summed E-state index contributed by atoms with van der Waals surface area (Å²) in [5.74, 6) is 0. The molecule has 0 spiro atoms. The fourth-order valence-corrected chi connectivity index (χ4v) is 0. The minimum absolute atomic E-state index is 0. The maximum absolute atomic E-state index is 3.60. The predicted octanol–water partition coefficient (Wildman–Crippen LogP) is -14.1. The zero-order valence-corrected chi connectivity index (χ0v) is 12.9. The molecule has 0 aliphatic rings. The van der Waals surface area contributed by atoms with Crippen molar-refractivity contribution >= 4 is 46.1 Å². The van der Waals surface area contributed by atoms with Crippen molar-refractivity contribution in [1.29, 1.82) is 0 Å². The fraction of sp³-hybridized carbons (Fsp3) is 0.750. The zero-order chi connectivity index (χ0) is 3.41. The molecule has 0 fully saturated rings. The van der Waals surface area contributed by atoms with Crippen LogP contribution in [0.3, 0.4) is 0 Å². The summed E-state index contributed by atoms with van der Waals surface area (Å²) in [5, 5.41) is 0. The molecule has 0 rings (SSSR count). The molecule has 0 heterocycles. The van der Waals surface area contributed by atoms with Crippen LogP contribution in [0, 0.1) is 6.92 Å². The number of rotatable bonds is 1. The third kappa shape index (κ3) is 92.0. The second-order valence-electron chi connectivity index (χ2n) is 0.854. The fourth-order valence-electron chi connectivity index (χ4n) is 0. The van der Waals surface area contributed by atoms with Gasteiger partial charge in [0.25, 0.3) is 0 Å². The Morgan fingerprint density at radius 3 is 1.00 bits per heavy atom. The maximum Gasteiger partial charge on any atom is 2.00 e. The van der Waals surface area contributed by atoms with Gasteiger partial charge in [0.2, 0.25) is 0 Å². The first-order chi connectivity index (χ1) is 1.91. The topological polar surface area (TPSA) is 0 Å². The Morgan fingerprint density at radius 1 is 0.909 bits per heavy atom. The number of hydrogen-bond acceptors (Lipinski definition) is 0. The second kappa shape index (κ2) is 71.7. The number of unbranched alkanes of at least 4 members (excludes halogenated alkanes) is 1. The summed E-state index contributed by atoms with van der Waals surface area (Å²) in [6.07, 6.45) is 2.28. The average Bonchev–Trinajstić information content (AvgIpc) is 1.37. The van der Waals surface area contributed by atoms with Crippen molar-refractivity contribution in [2.45, 2.75) is 19.8 Å². The summed E-state index contributed by atoms with van der Waals surface area (Å²) in [6, 6.07) is 0. The monoisotopic (exact) mass is 252 g/mol. The summed E-state index contributed by atoms with van der Waals surface area (Å²) in [5.41, 5.74) is 0. The minimum Gasteiger partial charge on any atom is -1.00 e. The van der Waals surface area contributed by atoms with Gasteiger partial charge < -0.3 is 56.6 Å². The second-order valence-corrected chi connectivity index (χ2v) is 0.854. The number of halogens is 4. The van der Waals surface area contributed by atoms with Crippen LogP contribution in [0.25, 0.3) is 0 Å². The van der Waals surface area contributed by atoms with Crippen LogP contribution in [0.4, 0.5) is 0 Å². The Labute approximate surface area is 139 Å². The Kier molecular flexibility index (Phi) is 416. The maximum atomic E-state index is 3.60. The molecule has 0 aromatic rings. The summed E-state index contributed by atoms with van der Waals surface area (Å²) < 4.78 is 0. The van der Waals surface area contributed by atoms with Crippen LogP contribution in [0.5, 0.6) is 0 Å². The van der Waals surface area contributed by atoms with Gasteiger partial charge in [-0.05, 0) is 0 Å². The molecule has 0 aliphatic carbocycles. The predicted molar refractivity (Wildman–Crippen MR) is 31.8 cm³/mol. The first kappa shape index (κ1) is 63.8. The van der Waals surface area contributed by atoms with Gasteiger partial charge in [-0.3, -0.25) is 0 Å². The normalized spacial score (nSPS) is 2.73. The molecule has 0 amide bonds. The number of hydrogen-bond donors (Lipinski definition) is 0. The molecule has 0 radical (unpaired) electrons. The van der Waals surface area contributed by atoms with E-state index in [1.165, 1.54) is 6.42 Å². The van der Waals surface area contributed by atoms with E-state index in [0.29, 0.717) is 0 Å². The average molecular weight is 254 g/mol. The largest absolute Gasteiger partial charge is 2.00 e. The van der Waals surface area contributed by atoms with Crippen molar-refractivity contribution in [1.82, 2.24) is 0 Å². The van der Waals surface area contributed by atoms with E-state index in [2.05, 4.69) is 13.8 Å². The molecule has 0 atom stereocenters. The molecule has 58 valence electrons. The van der Waals surface area contributed by atoms with Crippen molar-refractivity contribution in [3.05, 3.63) is 6.92 Å². The van der Waals surface area contributed by atoms with Gasteiger partial charge in [0.15, 0.2) is 0 Å². The third-order valence-electron chi connectivity index (χ3n) is 0.354. The zero-order valence-electron chi connectivity index (χ0n) is 7.05. The van der Waals surface area contributed by atoms with Crippen molar-refractivity contribution in [2.24, 2.45) is 0 Å². The van der Waals surface area contributed by atoms with Crippen LogP contribution in [-0.4, -0.2) is 46.1 Å². The standard InChI is InChI=1S/C4H9.4ClH.Li.2Mg/c1-3-4-2;;;;;;;/h1,3-4H2,2H3;4*1H;;;/q-1;;;;;+1;2*+2/p-4. The van der Waals surface area contributed by atoms with Crippen molar-refractivity contribution < 1.29 is 68.5 Å². The van der Waals surface area contributed by atoms with Crippen molar-refractivity contribution in [3.63, 3.8) is 0 Å². The molecule has 0 N–H and O–H groups in total. The van der Waals surface area contributed by atoms with Crippen molar-refractivity contribution in [2.75, 3.05) is 0 Å².